The summed E-state index contributed by atoms with van der Waals surface area (Å²) in [6.45, 7) is 9.41. The van der Waals surface area contributed by atoms with E-state index in [0.29, 0.717) is 12.1 Å². The van der Waals surface area contributed by atoms with Crippen LogP contribution in [-0.4, -0.2) is 35.2 Å². The lowest BCUT2D eigenvalue weighted by molar-refractivity contribution is 0.0969. The fourth-order valence-corrected chi connectivity index (χ4v) is 2.15. The Hall–Kier alpha value is -0.870. The Morgan fingerprint density at radius 1 is 1.47 bits per heavy atom. The minimum Gasteiger partial charge on any atom is -0.360 e. The number of hydrogen-bond donors (Lipinski definition) is 1. The molecular formula is C11H19N3O. The zero-order valence-corrected chi connectivity index (χ0v) is 9.66. The third-order valence-electron chi connectivity index (χ3n) is 3.03. The molecule has 2 atom stereocenters. The summed E-state index contributed by atoms with van der Waals surface area (Å²) < 4.78 is 5.25. The molecule has 0 unspecified atom stereocenters. The summed E-state index contributed by atoms with van der Waals surface area (Å²) in [6.07, 6.45) is 0. The number of hydrogen-bond acceptors (Lipinski definition) is 4. The second kappa shape index (κ2) is 4.33. The van der Waals surface area contributed by atoms with E-state index in [0.717, 1.165) is 31.1 Å². The average Bonchev–Trinajstić information content (AvgIpc) is 2.58. The predicted molar refractivity (Wildman–Crippen MR) is 58.6 cm³/mol. The van der Waals surface area contributed by atoms with Crippen LogP contribution in [0, 0.1) is 6.92 Å². The molecule has 1 fully saturated rings. The molecule has 1 saturated heterocycles. The van der Waals surface area contributed by atoms with Gasteiger partial charge in [0.2, 0.25) is 0 Å². The molecule has 84 valence electrons. The summed E-state index contributed by atoms with van der Waals surface area (Å²) in [4.78, 5) is 2.45. The lowest BCUT2D eigenvalue weighted by Crippen LogP contribution is -2.54. The Morgan fingerprint density at radius 3 is 2.67 bits per heavy atom. The van der Waals surface area contributed by atoms with Gasteiger partial charge in [-0.25, -0.2) is 0 Å². The molecule has 0 radical (unpaired) electrons. The van der Waals surface area contributed by atoms with E-state index in [1.165, 1.54) is 0 Å². The van der Waals surface area contributed by atoms with Gasteiger partial charge in [0.05, 0.1) is 12.2 Å². The number of nitrogens with one attached hydrogen (secondary N) is 1. The predicted octanol–water partition coefficient (Wildman–Crippen LogP) is 1.17. The molecule has 0 spiro atoms. The van der Waals surface area contributed by atoms with Crippen LogP contribution in [0.4, 0.5) is 0 Å². The van der Waals surface area contributed by atoms with Crippen molar-refractivity contribution in [2.75, 3.05) is 13.1 Å². The molecule has 0 aromatic carbocycles. The summed E-state index contributed by atoms with van der Waals surface area (Å²) in [6, 6.07) is 3.12. The highest BCUT2D eigenvalue weighted by atomic mass is 16.5. The number of rotatable bonds is 2. The van der Waals surface area contributed by atoms with Crippen LogP contribution in [0.25, 0.3) is 0 Å². The Balaban J connectivity index is 2.03. The van der Waals surface area contributed by atoms with Crippen molar-refractivity contribution in [1.29, 1.82) is 0 Å². The summed E-state index contributed by atoms with van der Waals surface area (Å²) in [5.41, 5.74) is 0.959. The Bertz CT molecular complexity index is 313. The largest absolute Gasteiger partial charge is 0.360 e. The van der Waals surface area contributed by atoms with E-state index < -0.39 is 0 Å². The molecule has 0 saturated carbocycles. The standard InChI is InChI=1S/C11H19N3O/c1-8-4-11(15-13-8)7-14-9(2)5-12-6-10(14)3/h4,9-10,12H,5-7H2,1-3H3/t9-,10+. The van der Waals surface area contributed by atoms with Crippen molar-refractivity contribution in [1.82, 2.24) is 15.4 Å². The molecule has 2 rings (SSSR count). The van der Waals surface area contributed by atoms with Gasteiger partial charge in [0.1, 0.15) is 0 Å². The SMILES string of the molecule is Cc1cc(CN2[C@H](C)CNC[C@@H]2C)on1. The first-order valence-corrected chi connectivity index (χ1v) is 5.55. The van der Waals surface area contributed by atoms with E-state index >= 15 is 0 Å². The summed E-state index contributed by atoms with van der Waals surface area (Å²) in [5, 5.41) is 7.33. The Labute approximate surface area is 90.6 Å². The van der Waals surface area contributed by atoms with E-state index in [9.17, 15) is 0 Å². The van der Waals surface area contributed by atoms with E-state index in [-0.39, 0.29) is 0 Å². The third-order valence-corrected chi connectivity index (χ3v) is 3.03. The normalized spacial score (nSPS) is 28.2. The Kier molecular flexibility index (Phi) is 3.07. The molecule has 0 aliphatic carbocycles. The van der Waals surface area contributed by atoms with Gasteiger partial charge in [0.25, 0.3) is 0 Å². The minimum absolute atomic E-state index is 0.555. The maximum atomic E-state index is 5.25. The topological polar surface area (TPSA) is 41.3 Å². The molecule has 1 aromatic heterocycles. The van der Waals surface area contributed by atoms with Gasteiger partial charge in [-0.3, -0.25) is 4.90 Å². The van der Waals surface area contributed by atoms with E-state index in [2.05, 4.69) is 29.2 Å². The van der Waals surface area contributed by atoms with Crippen LogP contribution in [-0.2, 0) is 6.54 Å². The number of nitrogens with zero attached hydrogens (tertiary/aromatic N) is 2. The molecule has 1 aliphatic rings. The Morgan fingerprint density at radius 2 is 2.13 bits per heavy atom. The summed E-state index contributed by atoms with van der Waals surface area (Å²) in [7, 11) is 0. The lowest BCUT2D eigenvalue weighted by atomic mass is 10.1. The highest BCUT2D eigenvalue weighted by Gasteiger charge is 2.25. The zero-order valence-electron chi connectivity index (χ0n) is 9.66. The fourth-order valence-electron chi connectivity index (χ4n) is 2.15. The van der Waals surface area contributed by atoms with Crippen LogP contribution in [0.15, 0.2) is 10.6 Å². The van der Waals surface area contributed by atoms with Crippen LogP contribution in [0.2, 0.25) is 0 Å². The van der Waals surface area contributed by atoms with Gasteiger partial charge in [0.15, 0.2) is 5.76 Å². The van der Waals surface area contributed by atoms with E-state index in [1.54, 1.807) is 0 Å². The maximum absolute atomic E-state index is 5.25. The average molecular weight is 209 g/mol. The van der Waals surface area contributed by atoms with Crippen molar-refractivity contribution in [2.24, 2.45) is 0 Å². The van der Waals surface area contributed by atoms with Crippen LogP contribution < -0.4 is 5.32 Å². The van der Waals surface area contributed by atoms with Crippen LogP contribution in [0.5, 0.6) is 0 Å². The maximum Gasteiger partial charge on any atom is 0.150 e. The lowest BCUT2D eigenvalue weighted by Gasteiger charge is -2.38. The molecule has 4 heteroatoms. The highest BCUT2D eigenvalue weighted by molar-refractivity contribution is 5.03. The number of aromatic nitrogens is 1. The molecule has 1 N–H and O–H groups in total. The molecule has 1 aromatic rings. The molecule has 0 amide bonds. The van der Waals surface area contributed by atoms with Crippen molar-refractivity contribution >= 4 is 0 Å². The van der Waals surface area contributed by atoms with Crippen LogP contribution >= 0.6 is 0 Å². The van der Waals surface area contributed by atoms with Crippen molar-refractivity contribution < 1.29 is 4.52 Å². The van der Waals surface area contributed by atoms with Crippen molar-refractivity contribution in [3.05, 3.63) is 17.5 Å². The smallest absolute Gasteiger partial charge is 0.150 e. The van der Waals surface area contributed by atoms with Crippen molar-refractivity contribution in [2.45, 2.75) is 39.4 Å². The first-order valence-electron chi connectivity index (χ1n) is 5.55. The second-order valence-corrected chi connectivity index (χ2v) is 4.46. The van der Waals surface area contributed by atoms with Crippen molar-refractivity contribution in [3.8, 4) is 0 Å². The van der Waals surface area contributed by atoms with Crippen LogP contribution in [0.1, 0.15) is 25.3 Å². The molecule has 15 heavy (non-hydrogen) atoms. The molecule has 1 aliphatic heterocycles. The molecule has 4 nitrogen and oxygen atoms in total. The van der Waals surface area contributed by atoms with Gasteiger partial charge in [-0.2, -0.15) is 0 Å². The van der Waals surface area contributed by atoms with E-state index in [1.807, 2.05) is 13.0 Å². The number of aryl methyl sites for hydroxylation is 1. The first kappa shape index (κ1) is 10.6. The van der Waals surface area contributed by atoms with Crippen molar-refractivity contribution in [3.63, 3.8) is 0 Å². The first-order chi connectivity index (χ1) is 7.16. The van der Waals surface area contributed by atoms with Crippen LogP contribution in [0.3, 0.4) is 0 Å². The highest BCUT2D eigenvalue weighted by Crippen LogP contribution is 2.15. The summed E-state index contributed by atoms with van der Waals surface area (Å²) in [5.74, 6) is 0.966. The monoisotopic (exact) mass is 209 g/mol. The molecule has 2 heterocycles. The summed E-state index contributed by atoms with van der Waals surface area (Å²) >= 11 is 0. The third kappa shape index (κ3) is 2.38. The zero-order chi connectivity index (χ0) is 10.8. The van der Waals surface area contributed by atoms with Gasteiger partial charge in [0, 0.05) is 31.2 Å². The van der Waals surface area contributed by atoms with Gasteiger partial charge in [-0.1, -0.05) is 5.16 Å². The van der Waals surface area contributed by atoms with Gasteiger partial charge >= 0.3 is 0 Å². The second-order valence-electron chi connectivity index (χ2n) is 4.46. The van der Waals surface area contributed by atoms with Gasteiger partial charge in [-0.05, 0) is 20.8 Å². The molecular weight excluding hydrogens is 190 g/mol. The van der Waals surface area contributed by atoms with Gasteiger partial charge in [-0.15, -0.1) is 0 Å². The quantitative estimate of drug-likeness (QED) is 0.793. The molecule has 0 bridgehead atoms. The number of piperazine rings is 1. The minimum atomic E-state index is 0.555. The van der Waals surface area contributed by atoms with E-state index in [4.69, 9.17) is 4.52 Å². The van der Waals surface area contributed by atoms with Gasteiger partial charge < -0.3 is 9.84 Å². The fraction of sp³-hybridized carbons (Fsp3) is 0.727.